The zero-order chi connectivity index (χ0) is 17.0. The number of nitrogens with one attached hydrogen (secondary N) is 1. The lowest BCUT2D eigenvalue weighted by molar-refractivity contribution is -0.0522. The summed E-state index contributed by atoms with van der Waals surface area (Å²) < 4.78 is 68.2. The molecular weight excluding hydrogens is 333 g/mol. The molecule has 130 valence electrons. The Morgan fingerprint density at radius 3 is 2.52 bits per heavy atom. The molecule has 1 aliphatic rings. The number of nitrogens with zero attached hydrogens (tertiary/aromatic N) is 1. The highest BCUT2D eigenvalue weighted by Crippen LogP contribution is 2.27. The van der Waals surface area contributed by atoms with Crippen molar-refractivity contribution in [1.29, 1.82) is 0 Å². The Labute approximate surface area is 133 Å². The van der Waals surface area contributed by atoms with Crippen LogP contribution < -0.4 is 10.1 Å². The van der Waals surface area contributed by atoms with E-state index < -0.39 is 28.2 Å². The Kier molecular flexibility index (Phi) is 5.88. The van der Waals surface area contributed by atoms with Crippen LogP contribution in [0.1, 0.15) is 12.8 Å². The van der Waals surface area contributed by atoms with Crippen LogP contribution in [0.25, 0.3) is 0 Å². The second-order valence-corrected chi connectivity index (χ2v) is 7.31. The van der Waals surface area contributed by atoms with Crippen LogP contribution in [0.4, 0.5) is 13.2 Å². The van der Waals surface area contributed by atoms with Crippen molar-refractivity contribution in [2.24, 2.45) is 5.92 Å². The topological polar surface area (TPSA) is 58.6 Å². The van der Waals surface area contributed by atoms with E-state index in [-0.39, 0.29) is 4.90 Å². The van der Waals surface area contributed by atoms with Crippen LogP contribution in [0.3, 0.4) is 0 Å². The van der Waals surface area contributed by atoms with Crippen molar-refractivity contribution in [2.45, 2.75) is 24.3 Å². The van der Waals surface area contributed by atoms with Crippen molar-refractivity contribution in [1.82, 2.24) is 9.62 Å². The van der Waals surface area contributed by atoms with E-state index >= 15 is 0 Å². The van der Waals surface area contributed by atoms with Gasteiger partial charge in [-0.05, 0) is 50.6 Å². The van der Waals surface area contributed by atoms with Crippen LogP contribution in [-0.2, 0) is 10.0 Å². The van der Waals surface area contributed by atoms with E-state index in [1.165, 1.54) is 4.31 Å². The molecule has 0 aliphatic carbocycles. The fourth-order valence-corrected chi connectivity index (χ4v) is 4.11. The molecule has 0 saturated carbocycles. The summed E-state index contributed by atoms with van der Waals surface area (Å²) in [6, 6.07) is 2.70. The van der Waals surface area contributed by atoms with E-state index in [4.69, 9.17) is 0 Å². The number of alkyl halides is 2. The second kappa shape index (κ2) is 7.50. The number of halogens is 3. The number of rotatable bonds is 6. The van der Waals surface area contributed by atoms with Crippen molar-refractivity contribution >= 4 is 10.0 Å². The molecule has 0 amide bonds. The number of ether oxygens (including phenoxy) is 1. The SMILES string of the molecule is CNCC1CCN(S(=O)(=O)c2ccc(OC(F)F)c(F)c2)CC1. The van der Waals surface area contributed by atoms with Gasteiger partial charge in [-0.2, -0.15) is 13.1 Å². The van der Waals surface area contributed by atoms with Gasteiger partial charge in [0.2, 0.25) is 10.0 Å². The maximum absolute atomic E-state index is 13.7. The van der Waals surface area contributed by atoms with E-state index in [1.807, 2.05) is 7.05 Å². The minimum absolute atomic E-state index is 0.260. The molecule has 0 bridgehead atoms. The van der Waals surface area contributed by atoms with Crippen LogP contribution in [0.2, 0.25) is 0 Å². The average molecular weight is 352 g/mol. The molecule has 0 radical (unpaired) electrons. The number of hydrogen-bond acceptors (Lipinski definition) is 4. The highest BCUT2D eigenvalue weighted by Gasteiger charge is 2.30. The zero-order valence-electron chi connectivity index (χ0n) is 12.6. The third-order valence-corrected chi connectivity index (χ3v) is 5.72. The smallest absolute Gasteiger partial charge is 0.387 e. The third-order valence-electron chi connectivity index (χ3n) is 3.82. The maximum Gasteiger partial charge on any atom is 0.387 e. The average Bonchev–Trinajstić information content (AvgIpc) is 2.49. The molecule has 1 heterocycles. The lowest BCUT2D eigenvalue weighted by Crippen LogP contribution is -2.40. The van der Waals surface area contributed by atoms with Gasteiger partial charge in [-0.25, -0.2) is 12.8 Å². The first kappa shape index (κ1) is 18.0. The van der Waals surface area contributed by atoms with Crippen molar-refractivity contribution in [3.05, 3.63) is 24.0 Å². The van der Waals surface area contributed by atoms with E-state index in [9.17, 15) is 21.6 Å². The van der Waals surface area contributed by atoms with Crippen molar-refractivity contribution < 1.29 is 26.3 Å². The first-order valence-corrected chi connectivity index (χ1v) is 8.67. The fourth-order valence-electron chi connectivity index (χ4n) is 2.63. The summed E-state index contributed by atoms with van der Waals surface area (Å²) in [4.78, 5) is -0.260. The Morgan fingerprint density at radius 1 is 1.35 bits per heavy atom. The van der Waals surface area contributed by atoms with Gasteiger partial charge in [0.15, 0.2) is 11.6 Å². The summed E-state index contributed by atoms with van der Waals surface area (Å²) >= 11 is 0. The molecule has 0 unspecified atom stereocenters. The fraction of sp³-hybridized carbons (Fsp3) is 0.571. The van der Waals surface area contributed by atoms with Gasteiger partial charge >= 0.3 is 6.61 Å². The molecule has 1 aromatic carbocycles. The highest BCUT2D eigenvalue weighted by molar-refractivity contribution is 7.89. The summed E-state index contributed by atoms with van der Waals surface area (Å²) in [7, 11) is -2.00. The predicted molar refractivity (Wildman–Crippen MR) is 78.4 cm³/mol. The van der Waals surface area contributed by atoms with E-state index in [2.05, 4.69) is 10.1 Å². The quantitative estimate of drug-likeness (QED) is 0.851. The van der Waals surface area contributed by atoms with Gasteiger partial charge in [0, 0.05) is 13.1 Å². The summed E-state index contributed by atoms with van der Waals surface area (Å²) in [6.07, 6.45) is 1.43. The van der Waals surface area contributed by atoms with Gasteiger partial charge in [0.25, 0.3) is 0 Å². The van der Waals surface area contributed by atoms with Crippen LogP contribution >= 0.6 is 0 Å². The van der Waals surface area contributed by atoms with Gasteiger partial charge < -0.3 is 10.1 Å². The van der Waals surface area contributed by atoms with Gasteiger partial charge in [-0.15, -0.1) is 0 Å². The molecule has 1 fully saturated rings. The first-order chi connectivity index (χ1) is 10.8. The van der Waals surface area contributed by atoms with E-state index in [0.29, 0.717) is 25.1 Å². The normalized spacial score (nSPS) is 17.6. The zero-order valence-corrected chi connectivity index (χ0v) is 13.5. The monoisotopic (exact) mass is 352 g/mol. The molecule has 23 heavy (non-hydrogen) atoms. The first-order valence-electron chi connectivity index (χ1n) is 7.23. The summed E-state index contributed by atoms with van der Waals surface area (Å²) in [5.74, 6) is -1.40. The highest BCUT2D eigenvalue weighted by atomic mass is 32.2. The molecule has 2 rings (SSSR count). The Morgan fingerprint density at radius 2 is 2.00 bits per heavy atom. The molecular formula is C14H19F3N2O3S. The van der Waals surface area contributed by atoms with Gasteiger partial charge in [-0.3, -0.25) is 0 Å². The molecule has 0 spiro atoms. The second-order valence-electron chi connectivity index (χ2n) is 5.38. The number of benzene rings is 1. The van der Waals surface area contributed by atoms with Crippen molar-refractivity contribution in [2.75, 3.05) is 26.7 Å². The predicted octanol–water partition coefficient (Wildman–Crippen LogP) is 2.05. The molecule has 1 saturated heterocycles. The summed E-state index contributed by atoms with van der Waals surface area (Å²) in [6.45, 7) is -1.64. The summed E-state index contributed by atoms with van der Waals surface area (Å²) in [5, 5.41) is 3.06. The molecule has 0 aromatic heterocycles. The molecule has 1 aliphatic heterocycles. The number of sulfonamides is 1. The Bertz CT molecular complexity index is 632. The van der Waals surface area contributed by atoms with Crippen molar-refractivity contribution in [3.8, 4) is 5.75 Å². The number of hydrogen-bond donors (Lipinski definition) is 1. The molecule has 9 heteroatoms. The van der Waals surface area contributed by atoms with Crippen LogP contribution in [0.15, 0.2) is 23.1 Å². The molecule has 0 atom stereocenters. The van der Waals surface area contributed by atoms with Gasteiger partial charge in [0.1, 0.15) is 0 Å². The Balaban J connectivity index is 2.12. The maximum atomic E-state index is 13.7. The van der Waals surface area contributed by atoms with Crippen LogP contribution in [-0.4, -0.2) is 46.0 Å². The van der Waals surface area contributed by atoms with Gasteiger partial charge in [-0.1, -0.05) is 0 Å². The minimum Gasteiger partial charge on any atom is -0.432 e. The van der Waals surface area contributed by atoms with E-state index in [1.54, 1.807) is 0 Å². The lowest BCUT2D eigenvalue weighted by Gasteiger charge is -2.31. The largest absolute Gasteiger partial charge is 0.432 e. The lowest BCUT2D eigenvalue weighted by atomic mass is 9.98. The molecule has 5 nitrogen and oxygen atoms in total. The third kappa shape index (κ3) is 4.36. The number of piperidine rings is 1. The van der Waals surface area contributed by atoms with Crippen molar-refractivity contribution in [3.63, 3.8) is 0 Å². The summed E-state index contributed by atoms with van der Waals surface area (Å²) in [5.41, 5.74) is 0. The Hall–Kier alpha value is -1.32. The molecule has 1 N–H and O–H groups in total. The van der Waals surface area contributed by atoms with Crippen LogP contribution in [0.5, 0.6) is 5.75 Å². The minimum atomic E-state index is -3.84. The molecule has 1 aromatic rings. The van der Waals surface area contributed by atoms with E-state index in [0.717, 1.165) is 31.5 Å². The van der Waals surface area contributed by atoms with Crippen LogP contribution in [0, 0.1) is 11.7 Å². The standard InChI is InChI=1S/C14H19F3N2O3S/c1-18-9-10-4-6-19(7-5-10)23(20,21)11-2-3-13(12(15)8-11)22-14(16)17/h2-3,8,10,14,18H,4-7,9H2,1H3. The van der Waals surface area contributed by atoms with Gasteiger partial charge in [0.05, 0.1) is 4.90 Å².